The highest BCUT2D eigenvalue weighted by Gasteiger charge is 2.31. The van der Waals surface area contributed by atoms with Gasteiger partial charge >= 0.3 is 0 Å². The maximum absolute atomic E-state index is 12.9. The van der Waals surface area contributed by atoms with Crippen molar-refractivity contribution in [1.82, 2.24) is 9.47 Å². The van der Waals surface area contributed by atoms with Crippen LogP contribution in [0.1, 0.15) is 48.4 Å². The lowest BCUT2D eigenvalue weighted by molar-refractivity contribution is 0.0724. The van der Waals surface area contributed by atoms with Crippen LogP contribution in [-0.4, -0.2) is 35.5 Å². The van der Waals surface area contributed by atoms with E-state index in [1.54, 1.807) is 0 Å². The van der Waals surface area contributed by atoms with E-state index in [9.17, 15) is 4.79 Å². The van der Waals surface area contributed by atoms with E-state index < -0.39 is 0 Å². The number of benzene rings is 2. The molecule has 5 rings (SSSR count). The zero-order valence-electron chi connectivity index (χ0n) is 17.2. The van der Waals surface area contributed by atoms with Crippen molar-refractivity contribution in [2.75, 3.05) is 30.4 Å². The fourth-order valence-electron chi connectivity index (χ4n) is 4.84. The van der Waals surface area contributed by atoms with Crippen LogP contribution in [0.4, 0.5) is 11.4 Å². The van der Waals surface area contributed by atoms with Gasteiger partial charge in [-0.15, -0.1) is 0 Å². The van der Waals surface area contributed by atoms with Crippen LogP contribution in [0.15, 0.2) is 48.5 Å². The molecule has 5 heteroatoms. The van der Waals surface area contributed by atoms with Gasteiger partial charge in [0.1, 0.15) is 6.17 Å². The van der Waals surface area contributed by atoms with Gasteiger partial charge < -0.3 is 19.7 Å². The number of nitrogens with one attached hydrogen (secondary N) is 1. The van der Waals surface area contributed by atoms with Crippen molar-refractivity contribution in [3.05, 3.63) is 59.8 Å². The van der Waals surface area contributed by atoms with Gasteiger partial charge in [-0.3, -0.25) is 4.79 Å². The third kappa shape index (κ3) is 2.96. The number of aromatic nitrogens is 1. The summed E-state index contributed by atoms with van der Waals surface area (Å²) >= 11 is 0. The number of rotatable bonds is 3. The van der Waals surface area contributed by atoms with Crippen LogP contribution < -0.4 is 10.2 Å². The number of carbonyl (C=O) groups excluding carboxylic acids is 1. The van der Waals surface area contributed by atoms with E-state index in [-0.39, 0.29) is 12.1 Å². The van der Waals surface area contributed by atoms with Gasteiger partial charge in [0.05, 0.1) is 17.1 Å². The Bertz CT molecular complexity index is 1060. The van der Waals surface area contributed by atoms with Crippen LogP contribution in [0.25, 0.3) is 10.9 Å². The van der Waals surface area contributed by atoms with Crippen LogP contribution in [0.5, 0.6) is 0 Å². The summed E-state index contributed by atoms with van der Waals surface area (Å²) in [5.74, 6) is 0.156. The molecule has 2 aromatic carbocycles. The molecule has 5 nitrogen and oxygen atoms in total. The SMILES string of the molecule is CCn1c(C2Nc3cc(C(=O)N4CCCCC4)ccc3N2C)cc2ccccc21. The first-order valence-corrected chi connectivity index (χ1v) is 10.7. The lowest BCUT2D eigenvalue weighted by Gasteiger charge is -2.26. The summed E-state index contributed by atoms with van der Waals surface area (Å²) in [6.45, 7) is 4.86. The lowest BCUT2D eigenvalue weighted by Crippen LogP contribution is -2.35. The smallest absolute Gasteiger partial charge is 0.253 e. The predicted molar refractivity (Wildman–Crippen MR) is 119 cm³/mol. The fourth-order valence-corrected chi connectivity index (χ4v) is 4.84. The highest BCUT2D eigenvalue weighted by atomic mass is 16.2. The first-order valence-electron chi connectivity index (χ1n) is 10.7. The summed E-state index contributed by atoms with van der Waals surface area (Å²) in [6.07, 6.45) is 3.51. The summed E-state index contributed by atoms with van der Waals surface area (Å²) in [5.41, 5.74) is 5.46. The van der Waals surface area contributed by atoms with E-state index in [1.807, 2.05) is 17.0 Å². The average Bonchev–Trinajstić information content (AvgIpc) is 3.30. The second kappa shape index (κ2) is 7.14. The monoisotopic (exact) mass is 388 g/mol. The minimum absolute atomic E-state index is 0.0534. The zero-order chi connectivity index (χ0) is 20.0. The highest BCUT2D eigenvalue weighted by Crippen LogP contribution is 2.41. The molecular formula is C24H28N4O. The summed E-state index contributed by atoms with van der Waals surface area (Å²) in [5, 5.41) is 4.93. The molecule has 1 N–H and O–H groups in total. The number of likely N-dealkylation sites (tertiary alicyclic amines) is 1. The van der Waals surface area contributed by atoms with E-state index in [2.05, 4.69) is 65.2 Å². The van der Waals surface area contributed by atoms with Gasteiger partial charge in [-0.2, -0.15) is 0 Å². The van der Waals surface area contributed by atoms with Crippen molar-refractivity contribution in [1.29, 1.82) is 0 Å². The molecule has 0 radical (unpaired) electrons. The lowest BCUT2D eigenvalue weighted by atomic mass is 10.1. The summed E-state index contributed by atoms with van der Waals surface area (Å²) < 4.78 is 2.37. The quantitative estimate of drug-likeness (QED) is 0.697. The fraction of sp³-hybridized carbons (Fsp3) is 0.375. The molecule has 3 aromatic rings. The molecule has 29 heavy (non-hydrogen) atoms. The number of anilines is 2. The first kappa shape index (κ1) is 18.1. The van der Waals surface area contributed by atoms with E-state index in [0.29, 0.717) is 0 Å². The topological polar surface area (TPSA) is 40.5 Å². The summed E-state index contributed by atoms with van der Waals surface area (Å²) in [4.78, 5) is 17.2. The van der Waals surface area contributed by atoms with Crippen molar-refractivity contribution in [3.8, 4) is 0 Å². The number of fused-ring (bicyclic) bond motifs is 2. The molecule has 2 aliphatic heterocycles. The van der Waals surface area contributed by atoms with Crippen molar-refractivity contribution in [3.63, 3.8) is 0 Å². The maximum Gasteiger partial charge on any atom is 0.253 e. The Labute approximate surface area is 171 Å². The van der Waals surface area contributed by atoms with Crippen molar-refractivity contribution < 1.29 is 4.79 Å². The molecule has 1 saturated heterocycles. The Morgan fingerprint density at radius 2 is 1.86 bits per heavy atom. The maximum atomic E-state index is 12.9. The number of aryl methyl sites for hydroxylation is 1. The number of carbonyl (C=O) groups is 1. The third-order valence-corrected chi connectivity index (χ3v) is 6.39. The van der Waals surface area contributed by atoms with E-state index in [1.165, 1.54) is 23.0 Å². The van der Waals surface area contributed by atoms with Crippen LogP contribution in [0, 0.1) is 0 Å². The van der Waals surface area contributed by atoms with Gasteiger partial charge in [0.25, 0.3) is 5.91 Å². The molecule has 1 unspecified atom stereocenters. The molecule has 1 amide bonds. The Kier molecular flexibility index (Phi) is 4.46. The molecular weight excluding hydrogens is 360 g/mol. The molecule has 0 aliphatic carbocycles. The van der Waals surface area contributed by atoms with Gasteiger partial charge in [0.2, 0.25) is 0 Å². The van der Waals surface area contributed by atoms with Crippen LogP contribution in [0.3, 0.4) is 0 Å². The molecule has 3 heterocycles. The molecule has 1 fully saturated rings. The number of amides is 1. The Hall–Kier alpha value is -2.95. The number of hydrogen-bond acceptors (Lipinski definition) is 3. The third-order valence-electron chi connectivity index (χ3n) is 6.39. The highest BCUT2D eigenvalue weighted by molar-refractivity contribution is 5.97. The number of nitrogens with zero attached hydrogens (tertiary/aromatic N) is 3. The van der Waals surface area contributed by atoms with Gasteiger partial charge in [0, 0.05) is 43.1 Å². The molecule has 0 bridgehead atoms. The minimum Gasteiger partial charge on any atom is -0.359 e. The van der Waals surface area contributed by atoms with Gasteiger partial charge in [-0.25, -0.2) is 0 Å². The molecule has 1 aromatic heterocycles. The normalized spacial score (nSPS) is 18.8. The molecule has 0 spiro atoms. The second-order valence-electron chi connectivity index (χ2n) is 8.11. The van der Waals surface area contributed by atoms with Gasteiger partial charge in [0.15, 0.2) is 0 Å². The van der Waals surface area contributed by atoms with E-state index in [0.717, 1.165) is 49.4 Å². The summed E-state index contributed by atoms with van der Waals surface area (Å²) in [6, 6.07) is 16.9. The van der Waals surface area contributed by atoms with E-state index in [4.69, 9.17) is 0 Å². The second-order valence-corrected chi connectivity index (χ2v) is 8.11. The number of piperidine rings is 1. The molecule has 1 atom stereocenters. The Morgan fingerprint density at radius 1 is 1.07 bits per heavy atom. The average molecular weight is 389 g/mol. The predicted octanol–water partition coefficient (Wildman–Crippen LogP) is 4.85. The zero-order valence-corrected chi connectivity index (χ0v) is 17.2. The Morgan fingerprint density at radius 3 is 2.66 bits per heavy atom. The Balaban J connectivity index is 1.47. The number of hydrogen-bond donors (Lipinski definition) is 1. The first-order chi connectivity index (χ1) is 14.2. The van der Waals surface area contributed by atoms with E-state index >= 15 is 0 Å². The van der Waals surface area contributed by atoms with Crippen molar-refractivity contribution in [2.24, 2.45) is 0 Å². The van der Waals surface area contributed by atoms with Crippen molar-refractivity contribution >= 4 is 28.2 Å². The van der Waals surface area contributed by atoms with Crippen LogP contribution in [0.2, 0.25) is 0 Å². The number of para-hydroxylation sites is 1. The van der Waals surface area contributed by atoms with Gasteiger partial charge in [-0.05, 0) is 56.5 Å². The van der Waals surface area contributed by atoms with Crippen molar-refractivity contribution in [2.45, 2.75) is 38.9 Å². The molecule has 150 valence electrons. The minimum atomic E-state index is 0.0534. The van der Waals surface area contributed by atoms with Crippen LogP contribution >= 0.6 is 0 Å². The van der Waals surface area contributed by atoms with Gasteiger partial charge in [-0.1, -0.05) is 18.2 Å². The van der Waals surface area contributed by atoms with Crippen LogP contribution in [-0.2, 0) is 6.54 Å². The standard InChI is InChI=1S/C24H28N4O/c1-3-28-20-10-6-5-9-17(20)16-22(28)23-25-19-15-18(11-12-21(19)26(23)2)24(29)27-13-7-4-8-14-27/h5-6,9-12,15-16,23,25H,3-4,7-8,13-14H2,1-2H3. The molecule has 2 aliphatic rings. The summed E-state index contributed by atoms with van der Waals surface area (Å²) in [7, 11) is 2.12. The molecule has 0 saturated carbocycles. The largest absolute Gasteiger partial charge is 0.359 e.